The fraction of sp³-hybridized carbons (Fsp3) is 0.320. The Labute approximate surface area is 200 Å². The lowest BCUT2D eigenvalue weighted by atomic mass is 9.89. The van der Waals surface area contributed by atoms with E-state index in [2.05, 4.69) is 19.8 Å². The van der Waals surface area contributed by atoms with Gasteiger partial charge in [-0.1, -0.05) is 12.1 Å². The molecule has 2 aromatic carbocycles. The van der Waals surface area contributed by atoms with Crippen LogP contribution in [0, 0.1) is 6.92 Å². The van der Waals surface area contributed by atoms with Crippen molar-refractivity contribution < 1.29 is 22.3 Å². The summed E-state index contributed by atoms with van der Waals surface area (Å²) in [7, 11) is 0. The van der Waals surface area contributed by atoms with Gasteiger partial charge in [-0.2, -0.15) is 15.0 Å². The maximum absolute atomic E-state index is 12.4. The van der Waals surface area contributed by atoms with Crippen molar-refractivity contribution in [3.05, 3.63) is 77.9 Å². The summed E-state index contributed by atoms with van der Waals surface area (Å²) in [5.74, 6) is 1.49. The van der Waals surface area contributed by atoms with E-state index < -0.39 is 6.36 Å². The van der Waals surface area contributed by atoms with Gasteiger partial charge in [0.15, 0.2) is 0 Å². The number of likely N-dealkylation sites (tertiary alicyclic amines) is 1. The predicted molar refractivity (Wildman–Crippen MR) is 122 cm³/mol. The average molecular weight is 483 g/mol. The first kappa shape index (κ1) is 23.1. The van der Waals surface area contributed by atoms with E-state index in [4.69, 9.17) is 9.40 Å². The number of alkyl halides is 3. The topological polar surface area (TPSA) is 69.2 Å². The molecule has 10 heteroatoms. The van der Waals surface area contributed by atoms with Gasteiger partial charge in [-0.05, 0) is 80.7 Å². The summed E-state index contributed by atoms with van der Waals surface area (Å²) >= 11 is 0. The molecule has 0 bridgehead atoms. The average Bonchev–Trinajstić information content (AvgIpc) is 3.50. The number of aryl methyl sites for hydroxylation is 1. The molecular formula is C25H24F3N5O2. The number of hydrogen-bond donors (Lipinski definition) is 0. The molecule has 5 rings (SSSR count). The number of aromatic nitrogens is 4. The largest absolute Gasteiger partial charge is 0.573 e. The maximum atomic E-state index is 12.4. The molecule has 182 valence electrons. The number of piperidine rings is 1. The molecule has 3 heterocycles. The smallest absolute Gasteiger partial charge is 0.441 e. The zero-order valence-corrected chi connectivity index (χ0v) is 19.1. The van der Waals surface area contributed by atoms with Crippen molar-refractivity contribution in [2.75, 3.05) is 13.1 Å². The second-order valence-electron chi connectivity index (χ2n) is 8.55. The summed E-state index contributed by atoms with van der Waals surface area (Å²) in [6.45, 7) is 4.36. The molecule has 0 spiro atoms. The number of halogens is 3. The van der Waals surface area contributed by atoms with E-state index in [9.17, 15) is 13.2 Å². The van der Waals surface area contributed by atoms with Gasteiger partial charge in [0.1, 0.15) is 11.5 Å². The van der Waals surface area contributed by atoms with Gasteiger partial charge in [-0.3, -0.25) is 4.90 Å². The fourth-order valence-corrected chi connectivity index (χ4v) is 4.36. The molecule has 35 heavy (non-hydrogen) atoms. The third kappa shape index (κ3) is 5.54. The molecule has 0 atom stereocenters. The molecule has 4 aromatic rings. The first-order chi connectivity index (χ1) is 16.8. The van der Waals surface area contributed by atoms with Crippen LogP contribution in [-0.4, -0.2) is 44.3 Å². The first-order valence-corrected chi connectivity index (χ1v) is 11.4. The van der Waals surface area contributed by atoms with E-state index in [1.165, 1.54) is 12.1 Å². The number of rotatable bonds is 6. The highest BCUT2D eigenvalue weighted by molar-refractivity contribution is 5.56. The Bertz CT molecular complexity index is 1240. The molecule has 1 saturated heterocycles. The van der Waals surface area contributed by atoms with Crippen molar-refractivity contribution in [1.29, 1.82) is 0 Å². The van der Waals surface area contributed by atoms with Crippen LogP contribution in [0.2, 0.25) is 0 Å². The molecule has 2 aromatic heterocycles. The van der Waals surface area contributed by atoms with Crippen molar-refractivity contribution in [1.82, 2.24) is 24.9 Å². The van der Waals surface area contributed by atoms with E-state index >= 15 is 0 Å². The van der Waals surface area contributed by atoms with Crippen LogP contribution < -0.4 is 4.74 Å². The van der Waals surface area contributed by atoms with Gasteiger partial charge >= 0.3 is 6.36 Å². The number of nitrogens with zero attached hydrogens (tertiary/aromatic N) is 5. The minimum atomic E-state index is -4.67. The highest BCUT2D eigenvalue weighted by Crippen LogP contribution is 2.32. The quantitative estimate of drug-likeness (QED) is 0.360. The van der Waals surface area contributed by atoms with Crippen molar-refractivity contribution >= 4 is 0 Å². The lowest BCUT2D eigenvalue weighted by molar-refractivity contribution is -0.274. The van der Waals surface area contributed by atoms with Gasteiger partial charge in [0.2, 0.25) is 5.89 Å². The Morgan fingerprint density at radius 2 is 1.63 bits per heavy atom. The molecule has 7 nitrogen and oxygen atoms in total. The van der Waals surface area contributed by atoms with E-state index in [-0.39, 0.29) is 5.75 Å². The van der Waals surface area contributed by atoms with Crippen LogP contribution in [0.4, 0.5) is 13.2 Å². The number of ether oxygens (including phenoxy) is 1. The van der Waals surface area contributed by atoms with E-state index in [0.29, 0.717) is 18.4 Å². The van der Waals surface area contributed by atoms with Gasteiger partial charge in [0.05, 0.1) is 23.8 Å². The van der Waals surface area contributed by atoms with Gasteiger partial charge < -0.3 is 9.15 Å². The van der Waals surface area contributed by atoms with Crippen molar-refractivity contribution in [3.8, 4) is 22.9 Å². The van der Waals surface area contributed by atoms with Gasteiger partial charge in [-0.25, -0.2) is 4.98 Å². The lowest BCUT2D eigenvalue weighted by Gasteiger charge is -2.31. The maximum Gasteiger partial charge on any atom is 0.573 e. The molecule has 1 aliphatic rings. The Morgan fingerprint density at radius 1 is 0.971 bits per heavy atom. The summed E-state index contributed by atoms with van der Waals surface area (Å²) in [6, 6.07) is 13.9. The Hall–Kier alpha value is -3.66. The molecule has 1 fully saturated rings. The molecule has 0 saturated carbocycles. The zero-order chi connectivity index (χ0) is 24.4. The summed E-state index contributed by atoms with van der Waals surface area (Å²) in [4.78, 5) is 8.61. The van der Waals surface area contributed by atoms with E-state index in [1.54, 1.807) is 29.3 Å². The van der Waals surface area contributed by atoms with Crippen LogP contribution in [-0.2, 0) is 6.54 Å². The second-order valence-corrected chi connectivity index (χ2v) is 8.55. The molecular weight excluding hydrogens is 459 g/mol. The summed E-state index contributed by atoms with van der Waals surface area (Å²) in [5.41, 5.74) is 3.68. The van der Waals surface area contributed by atoms with Crippen LogP contribution in [0.5, 0.6) is 5.75 Å². The highest BCUT2D eigenvalue weighted by Gasteiger charge is 2.31. The lowest BCUT2D eigenvalue weighted by Crippen LogP contribution is -2.32. The molecule has 1 aliphatic heterocycles. The molecule has 0 N–H and O–H groups in total. The van der Waals surface area contributed by atoms with Crippen LogP contribution >= 0.6 is 0 Å². The van der Waals surface area contributed by atoms with Gasteiger partial charge in [0, 0.05) is 12.1 Å². The Morgan fingerprint density at radius 3 is 2.26 bits per heavy atom. The molecule has 0 aliphatic carbocycles. The second kappa shape index (κ2) is 9.53. The predicted octanol–water partition coefficient (Wildman–Crippen LogP) is 5.51. The fourth-order valence-electron chi connectivity index (χ4n) is 4.36. The van der Waals surface area contributed by atoms with Crippen LogP contribution in [0.1, 0.15) is 35.8 Å². The minimum Gasteiger partial charge on any atom is -0.441 e. The van der Waals surface area contributed by atoms with Crippen LogP contribution in [0.15, 0.2) is 65.3 Å². The SMILES string of the molecule is Cc1oc(-c2ccc(-n3nccn3)cc2)nc1CN1CCC(c2ccc(OC(F)(F)F)cc2)CC1. The summed E-state index contributed by atoms with van der Waals surface area (Å²) < 4.78 is 47.0. The minimum absolute atomic E-state index is 0.191. The summed E-state index contributed by atoms with van der Waals surface area (Å²) in [5, 5.41) is 8.26. The van der Waals surface area contributed by atoms with E-state index in [1.807, 2.05) is 31.2 Å². The standard InChI is InChI=1S/C25H24F3N5O2/c1-17-23(31-24(34-17)20-2-6-21(7-3-20)33-29-12-13-30-33)16-32-14-10-19(11-15-32)18-4-8-22(9-5-18)35-25(26,27)28/h2-9,12-13,19H,10-11,14-16H2,1H3. The molecule has 0 unspecified atom stereocenters. The van der Waals surface area contributed by atoms with Gasteiger partial charge in [0.25, 0.3) is 0 Å². The van der Waals surface area contributed by atoms with E-state index in [0.717, 1.165) is 54.2 Å². The molecule has 0 radical (unpaired) electrons. The van der Waals surface area contributed by atoms with Crippen molar-refractivity contribution in [2.45, 2.75) is 38.6 Å². The number of benzene rings is 2. The highest BCUT2D eigenvalue weighted by atomic mass is 19.4. The summed E-state index contributed by atoms with van der Waals surface area (Å²) in [6.07, 6.45) is 0.429. The van der Waals surface area contributed by atoms with Crippen molar-refractivity contribution in [3.63, 3.8) is 0 Å². The first-order valence-electron chi connectivity index (χ1n) is 11.4. The third-order valence-electron chi connectivity index (χ3n) is 6.20. The Kier molecular flexibility index (Phi) is 6.29. The monoisotopic (exact) mass is 483 g/mol. The van der Waals surface area contributed by atoms with Crippen molar-refractivity contribution in [2.24, 2.45) is 0 Å². The molecule has 0 amide bonds. The third-order valence-corrected chi connectivity index (χ3v) is 6.20. The number of oxazole rings is 1. The van der Waals surface area contributed by atoms with Crippen LogP contribution in [0.25, 0.3) is 17.1 Å². The normalized spacial score (nSPS) is 15.4. The number of hydrogen-bond acceptors (Lipinski definition) is 6. The van der Waals surface area contributed by atoms with Crippen LogP contribution in [0.3, 0.4) is 0 Å². The van der Waals surface area contributed by atoms with Gasteiger partial charge in [-0.15, -0.1) is 13.2 Å². The zero-order valence-electron chi connectivity index (χ0n) is 19.1. The Balaban J connectivity index is 1.18.